The topological polar surface area (TPSA) is 9.23 Å². The fourth-order valence-electron chi connectivity index (χ4n) is 1.59. The monoisotopic (exact) mass is 408 g/mol. The maximum atomic E-state index is 6.10. The van der Waals surface area contributed by atoms with E-state index in [9.17, 15) is 0 Å². The summed E-state index contributed by atoms with van der Waals surface area (Å²) in [6, 6.07) is 5.60. The molecule has 2 rings (SSSR count). The van der Waals surface area contributed by atoms with E-state index in [2.05, 4.69) is 6.92 Å². The number of benzene rings is 1. The van der Waals surface area contributed by atoms with Gasteiger partial charge in [-0.25, -0.2) is 6.61 Å². The van der Waals surface area contributed by atoms with Crippen molar-refractivity contribution in [1.82, 2.24) is 0 Å². The molecule has 0 amide bonds. The molecule has 1 fully saturated rings. The van der Waals surface area contributed by atoms with Gasteiger partial charge in [0.25, 0.3) is 0 Å². The molecule has 1 aliphatic heterocycles. The molecule has 0 N–H and O–H groups in total. The quantitative estimate of drug-likeness (QED) is 0.705. The average Bonchev–Trinajstić information content (AvgIpc) is 2.63. The fraction of sp³-hybridized carbons (Fsp3) is 0.417. The van der Waals surface area contributed by atoms with Crippen molar-refractivity contribution in [3.63, 3.8) is 0 Å². The van der Waals surface area contributed by atoms with E-state index in [4.69, 9.17) is 27.9 Å². The van der Waals surface area contributed by atoms with Gasteiger partial charge in [-0.1, -0.05) is 36.2 Å². The van der Waals surface area contributed by atoms with Gasteiger partial charge in [-0.3, -0.25) is 0 Å². The van der Waals surface area contributed by atoms with E-state index in [0.29, 0.717) is 5.92 Å². The minimum atomic E-state index is 0. The molecule has 0 saturated carbocycles. The number of hydrogen-bond donors (Lipinski definition) is 0. The van der Waals surface area contributed by atoms with Crippen molar-refractivity contribution in [3.8, 4) is 0 Å². The summed E-state index contributed by atoms with van der Waals surface area (Å²) in [4.78, 5) is 0. The normalized spacial score (nSPS) is 23.5. The van der Waals surface area contributed by atoms with Crippen LogP contribution in [-0.4, -0.2) is 5.44 Å². The summed E-state index contributed by atoms with van der Waals surface area (Å²) in [6.45, 7) is 4.06. The van der Waals surface area contributed by atoms with Crippen LogP contribution in [0.15, 0.2) is 18.2 Å². The summed E-state index contributed by atoms with van der Waals surface area (Å²) in [7, 11) is 0. The Balaban J connectivity index is 0.00000144. The van der Waals surface area contributed by atoms with Crippen molar-refractivity contribution >= 4 is 35.0 Å². The molecule has 2 atom stereocenters. The van der Waals surface area contributed by atoms with E-state index in [1.54, 1.807) is 11.8 Å². The van der Waals surface area contributed by atoms with E-state index < -0.39 is 0 Å². The second kappa shape index (κ2) is 8.45. The molecule has 1 aromatic carbocycles. The van der Waals surface area contributed by atoms with Crippen molar-refractivity contribution in [2.24, 2.45) is 5.92 Å². The first-order valence-corrected chi connectivity index (χ1v) is 7.00. The third-order valence-electron chi connectivity index (χ3n) is 2.50. The molecular weight excluding hydrogens is 396 g/mol. The Hall–Kier alpha value is 2.16. The molecule has 1 saturated heterocycles. The maximum absolute atomic E-state index is 6.10. The van der Waals surface area contributed by atoms with Crippen molar-refractivity contribution in [3.05, 3.63) is 40.4 Å². The molecule has 17 heavy (non-hydrogen) atoms. The number of ether oxygens (including phenoxy) is 1. The van der Waals surface area contributed by atoms with E-state index in [1.807, 2.05) is 24.8 Å². The van der Waals surface area contributed by atoms with Gasteiger partial charge in [0.05, 0.1) is 5.44 Å². The third kappa shape index (κ3) is 5.21. The zero-order valence-corrected chi connectivity index (χ0v) is 18.6. The number of rotatable bonds is 3. The van der Waals surface area contributed by atoms with Gasteiger partial charge in [0.2, 0.25) is 0 Å². The van der Waals surface area contributed by atoms with Crippen LogP contribution in [0.25, 0.3) is 0 Å². The van der Waals surface area contributed by atoms with Gasteiger partial charge in [0.15, 0.2) is 0 Å². The maximum Gasteiger partial charge on any atom is 1.00 e. The Kier molecular flexibility index (Phi) is 8.56. The molecule has 0 aromatic heterocycles. The van der Waals surface area contributed by atoms with Crippen LogP contribution in [0.4, 0.5) is 0 Å². The van der Waals surface area contributed by atoms with Crippen molar-refractivity contribution in [2.45, 2.75) is 24.5 Å². The van der Waals surface area contributed by atoms with E-state index in [1.165, 1.54) is 0 Å². The third-order valence-corrected chi connectivity index (χ3v) is 4.34. The van der Waals surface area contributed by atoms with Crippen LogP contribution >= 0.6 is 35.0 Å². The SMILES string of the molecule is C[C@H]1[CH-]OC(SCc2c(Cl)cccc2Cl)C1.[Cs+]. The van der Waals surface area contributed by atoms with Crippen LogP contribution in [0.2, 0.25) is 10.0 Å². The van der Waals surface area contributed by atoms with Crippen LogP contribution in [-0.2, 0) is 10.5 Å². The Morgan fingerprint density at radius 3 is 2.59 bits per heavy atom. The molecular formula is C12H13Cl2CsOS. The zero-order valence-electron chi connectivity index (χ0n) is 9.95. The zero-order chi connectivity index (χ0) is 11.5. The number of thioether (sulfide) groups is 1. The number of hydrogen-bond acceptors (Lipinski definition) is 2. The standard InChI is InChI=1S/C12H13Cl2OS.Cs/c1-8-5-12(15-6-8)16-7-9-10(13)3-2-4-11(9)14;/h2-4,6,8,12H,5,7H2,1H3;/q-1;+1/t8-,12?;/m1./s1. The molecule has 88 valence electrons. The van der Waals surface area contributed by atoms with Crippen LogP contribution in [0.3, 0.4) is 0 Å². The van der Waals surface area contributed by atoms with E-state index in [-0.39, 0.29) is 74.3 Å². The second-order valence-corrected chi connectivity index (χ2v) is 5.89. The van der Waals surface area contributed by atoms with Crippen LogP contribution in [0.5, 0.6) is 0 Å². The first-order valence-electron chi connectivity index (χ1n) is 5.20. The predicted octanol–water partition coefficient (Wildman–Crippen LogP) is 1.77. The Bertz CT molecular complexity index is 355. The van der Waals surface area contributed by atoms with Crippen molar-refractivity contribution in [2.75, 3.05) is 0 Å². The Labute approximate surface area is 176 Å². The average molecular weight is 409 g/mol. The first-order chi connectivity index (χ1) is 7.66. The molecule has 1 unspecified atom stereocenters. The van der Waals surface area contributed by atoms with Gasteiger partial charge in [-0.15, -0.1) is 17.7 Å². The van der Waals surface area contributed by atoms with Gasteiger partial charge < -0.3 is 4.74 Å². The van der Waals surface area contributed by atoms with Gasteiger partial charge >= 0.3 is 68.9 Å². The first kappa shape index (κ1) is 17.2. The molecule has 0 radical (unpaired) electrons. The van der Waals surface area contributed by atoms with E-state index in [0.717, 1.165) is 27.8 Å². The van der Waals surface area contributed by atoms with Gasteiger partial charge in [-0.2, -0.15) is 0 Å². The van der Waals surface area contributed by atoms with Crippen molar-refractivity contribution in [1.29, 1.82) is 0 Å². The summed E-state index contributed by atoms with van der Waals surface area (Å²) < 4.78 is 5.52. The summed E-state index contributed by atoms with van der Waals surface area (Å²) in [5, 5.41) is 1.46. The molecule has 5 heteroatoms. The van der Waals surface area contributed by atoms with E-state index >= 15 is 0 Å². The summed E-state index contributed by atoms with van der Waals surface area (Å²) >= 11 is 13.9. The minimum absolute atomic E-state index is 0. The van der Waals surface area contributed by atoms with Gasteiger partial charge in [0.1, 0.15) is 0 Å². The summed E-state index contributed by atoms with van der Waals surface area (Å²) in [5.74, 6) is 1.34. The molecule has 0 bridgehead atoms. The van der Waals surface area contributed by atoms with Crippen LogP contribution < -0.4 is 68.9 Å². The fourth-order valence-corrected chi connectivity index (χ4v) is 3.53. The van der Waals surface area contributed by atoms with Gasteiger partial charge in [-0.05, 0) is 24.1 Å². The Morgan fingerprint density at radius 1 is 1.41 bits per heavy atom. The predicted molar refractivity (Wildman–Crippen MR) is 70.7 cm³/mol. The molecule has 1 aromatic rings. The second-order valence-electron chi connectivity index (χ2n) is 3.93. The van der Waals surface area contributed by atoms with Crippen LogP contribution in [0, 0.1) is 12.5 Å². The molecule has 1 heterocycles. The van der Waals surface area contributed by atoms with Crippen LogP contribution in [0.1, 0.15) is 18.9 Å². The summed E-state index contributed by atoms with van der Waals surface area (Å²) in [6.07, 6.45) is 1.06. The van der Waals surface area contributed by atoms with Gasteiger partial charge in [0, 0.05) is 15.8 Å². The molecule has 0 spiro atoms. The van der Waals surface area contributed by atoms with Crippen molar-refractivity contribution < 1.29 is 73.6 Å². The molecule has 0 aliphatic carbocycles. The summed E-state index contributed by atoms with van der Waals surface area (Å²) in [5.41, 5.74) is 1.24. The molecule has 1 nitrogen and oxygen atoms in total. The minimum Gasteiger partial charge on any atom is -0.542 e. The number of halogens is 2. The smallest absolute Gasteiger partial charge is 0.542 e. The molecule has 1 aliphatic rings. The largest absolute Gasteiger partial charge is 1.00 e. The Morgan fingerprint density at radius 2 is 2.06 bits per heavy atom.